The quantitative estimate of drug-likeness (QED) is 0.164. The fourth-order valence-corrected chi connectivity index (χ4v) is 11.1. The van der Waals surface area contributed by atoms with Gasteiger partial charge in [-0.25, -0.2) is 15.0 Å². The lowest BCUT2D eigenvalue weighted by molar-refractivity contribution is -0.0281. The van der Waals surface area contributed by atoms with Gasteiger partial charge in [-0.15, -0.1) is 0 Å². The van der Waals surface area contributed by atoms with Crippen LogP contribution in [0, 0.1) is 11.8 Å². The Morgan fingerprint density at radius 1 is 0.411 bits per heavy atom. The predicted octanol–water partition coefficient (Wildman–Crippen LogP) is 12.5. The summed E-state index contributed by atoms with van der Waals surface area (Å²) < 4.78 is 0. The van der Waals surface area contributed by atoms with Crippen molar-refractivity contribution in [1.29, 1.82) is 0 Å². The molecule has 270 valence electrons. The number of para-hydroxylation sites is 1. The summed E-state index contributed by atoms with van der Waals surface area (Å²) in [5.74, 6) is 3.61. The third-order valence-electron chi connectivity index (χ3n) is 13.2. The molecule has 12 rings (SSSR count). The maximum Gasteiger partial charge on any atom is 0.164 e. The van der Waals surface area contributed by atoms with Gasteiger partial charge in [0.1, 0.15) is 0 Å². The van der Waals surface area contributed by atoms with E-state index in [1.807, 2.05) is 42.6 Å². The maximum absolute atomic E-state index is 4.99. The van der Waals surface area contributed by atoms with Gasteiger partial charge in [-0.05, 0) is 113 Å². The molecular weight excluding hydrogens is 681 g/mol. The van der Waals surface area contributed by atoms with Gasteiger partial charge in [0.25, 0.3) is 0 Å². The molecule has 2 unspecified atom stereocenters. The monoisotopic (exact) mass is 722 g/mol. The molecule has 0 N–H and O–H groups in total. The first-order valence-corrected chi connectivity index (χ1v) is 20.1. The van der Waals surface area contributed by atoms with E-state index in [4.69, 9.17) is 15.0 Å². The third-order valence-corrected chi connectivity index (χ3v) is 13.2. The summed E-state index contributed by atoms with van der Waals surface area (Å²) in [6.07, 6.45) is 9.85. The molecule has 4 aliphatic carbocycles. The average molecular weight is 723 g/mol. The normalized spacial score (nSPS) is 22.4. The van der Waals surface area contributed by atoms with Crippen molar-refractivity contribution in [2.24, 2.45) is 11.8 Å². The second-order valence-corrected chi connectivity index (χ2v) is 16.7. The zero-order valence-corrected chi connectivity index (χ0v) is 31.4. The van der Waals surface area contributed by atoms with Crippen molar-refractivity contribution in [2.75, 3.05) is 0 Å². The highest BCUT2D eigenvalue weighted by atomic mass is 15.0. The highest BCUT2D eigenvalue weighted by molar-refractivity contribution is 5.94. The number of aromatic nitrogens is 4. The summed E-state index contributed by atoms with van der Waals surface area (Å²) in [4.78, 5) is 19.5. The van der Waals surface area contributed by atoms with Gasteiger partial charge in [0.2, 0.25) is 0 Å². The fourth-order valence-electron chi connectivity index (χ4n) is 11.1. The summed E-state index contributed by atoms with van der Waals surface area (Å²) in [7, 11) is 0. The largest absolute Gasteiger partial charge is 0.256 e. The summed E-state index contributed by atoms with van der Waals surface area (Å²) in [5.41, 5.74) is 12.4. The van der Waals surface area contributed by atoms with Crippen molar-refractivity contribution in [3.05, 3.63) is 181 Å². The van der Waals surface area contributed by atoms with E-state index in [1.54, 1.807) is 0 Å². The Kier molecular flexibility index (Phi) is 7.80. The molecule has 0 radical (unpaired) electrons. The number of benzene rings is 6. The van der Waals surface area contributed by atoms with Crippen molar-refractivity contribution in [3.63, 3.8) is 0 Å². The molecule has 0 spiro atoms. The smallest absolute Gasteiger partial charge is 0.164 e. The minimum Gasteiger partial charge on any atom is -0.256 e. The van der Waals surface area contributed by atoms with E-state index in [-0.39, 0.29) is 10.8 Å². The van der Waals surface area contributed by atoms with Crippen LogP contribution in [0.5, 0.6) is 0 Å². The van der Waals surface area contributed by atoms with Crippen LogP contribution in [0.3, 0.4) is 0 Å². The molecule has 2 heterocycles. The van der Waals surface area contributed by atoms with Gasteiger partial charge in [0.15, 0.2) is 17.5 Å². The average Bonchev–Trinajstić information content (AvgIpc) is 3.26. The molecule has 4 heteroatoms. The fraction of sp³-hybridized carbons (Fsp3) is 0.192. The number of fused-ring (bicyclic) bond motifs is 1. The highest BCUT2D eigenvalue weighted by Crippen LogP contribution is 2.66. The molecule has 56 heavy (non-hydrogen) atoms. The molecule has 2 atom stereocenters. The number of nitrogens with zero attached hydrogens (tertiary/aromatic N) is 4. The summed E-state index contributed by atoms with van der Waals surface area (Å²) in [5, 5.41) is 1.21. The lowest BCUT2D eigenvalue weighted by atomic mass is 9.41. The minimum atomic E-state index is 0.233. The van der Waals surface area contributed by atoms with Crippen LogP contribution in [0.15, 0.2) is 170 Å². The Labute approximate surface area is 328 Å². The van der Waals surface area contributed by atoms with E-state index in [9.17, 15) is 0 Å². The van der Waals surface area contributed by atoms with Crippen LogP contribution in [0.4, 0.5) is 0 Å². The van der Waals surface area contributed by atoms with Gasteiger partial charge in [-0.1, -0.05) is 146 Å². The van der Waals surface area contributed by atoms with E-state index in [0.717, 1.165) is 34.0 Å². The van der Waals surface area contributed by atoms with Gasteiger partial charge < -0.3 is 0 Å². The first kappa shape index (κ1) is 33.1. The van der Waals surface area contributed by atoms with Gasteiger partial charge in [0, 0.05) is 28.3 Å². The summed E-state index contributed by atoms with van der Waals surface area (Å²) in [6, 6.07) is 58.9. The third kappa shape index (κ3) is 5.74. The number of pyridine rings is 1. The van der Waals surface area contributed by atoms with Gasteiger partial charge in [-0.2, -0.15) is 0 Å². The van der Waals surface area contributed by atoms with Crippen LogP contribution in [0.2, 0.25) is 0 Å². The Balaban J connectivity index is 0.895. The molecule has 6 aromatic carbocycles. The van der Waals surface area contributed by atoms with Crippen LogP contribution in [0.25, 0.3) is 67.3 Å². The predicted molar refractivity (Wildman–Crippen MR) is 227 cm³/mol. The first-order chi connectivity index (χ1) is 27.6. The van der Waals surface area contributed by atoms with Gasteiger partial charge >= 0.3 is 0 Å². The van der Waals surface area contributed by atoms with Crippen LogP contribution < -0.4 is 0 Å². The van der Waals surface area contributed by atoms with Crippen LogP contribution in [-0.4, -0.2) is 19.9 Å². The molecule has 2 aromatic heterocycles. The van der Waals surface area contributed by atoms with Crippen molar-refractivity contribution >= 4 is 10.9 Å². The van der Waals surface area contributed by atoms with E-state index < -0.39 is 0 Å². The number of hydrogen-bond donors (Lipinski definition) is 0. The van der Waals surface area contributed by atoms with E-state index >= 15 is 0 Å². The van der Waals surface area contributed by atoms with E-state index in [2.05, 4.69) is 132 Å². The molecule has 4 saturated carbocycles. The second kappa shape index (κ2) is 13.2. The van der Waals surface area contributed by atoms with Gasteiger partial charge in [0.05, 0.1) is 5.52 Å². The standard InChI is InChI=1S/C52H42N4/c1-3-10-39(11-4-1)48-54-49(40-12-5-2-6-13-40)56-50(55-48)42-15-9-14-41(29-42)37-18-22-43(23-19-37)51-30-35-28-36(31-51)33-52(32-35,34-51)44-24-20-38(21-25-44)45-26-27-53-47-17-8-7-16-46(45)47/h1-27,29,35-36H,28,30-34H2. The molecule has 8 aromatic rings. The topological polar surface area (TPSA) is 51.6 Å². The molecule has 4 nitrogen and oxygen atoms in total. The van der Waals surface area contributed by atoms with E-state index in [0.29, 0.717) is 17.5 Å². The van der Waals surface area contributed by atoms with Gasteiger partial charge in [-0.3, -0.25) is 4.98 Å². The zero-order valence-electron chi connectivity index (χ0n) is 31.4. The minimum absolute atomic E-state index is 0.233. The van der Waals surface area contributed by atoms with Crippen molar-refractivity contribution in [2.45, 2.75) is 49.4 Å². The number of rotatable bonds is 7. The Hall–Kier alpha value is -6.26. The second-order valence-electron chi connectivity index (χ2n) is 16.7. The molecule has 4 fully saturated rings. The molecular formula is C52H42N4. The lowest BCUT2D eigenvalue weighted by Crippen LogP contribution is -2.55. The van der Waals surface area contributed by atoms with Crippen LogP contribution in [-0.2, 0) is 10.8 Å². The van der Waals surface area contributed by atoms with E-state index in [1.165, 1.54) is 77.3 Å². The molecule has 4 bridgehead atoms. The molecule has 0 saturated heterocycles. The molecule has 0 aliphatic heterocycles. The lowest BCUT2D eigenvalue weighted by Gasteiger charge is -2.63. The maximum atomic E-state index is 4.99. The highest BCUT2D eigenvalue weighted by Gasteiger charge is 2.58. The Morgan fingerprint density at radius 3 is 1.52 bits per heavy atom. The first-order valence-electron chi connectivity index (χ1n) is 20.1. The van der Waals surface area contributed by atoms with Crippen LogP contribution >= 0.6 is 0 Å². The summed E-state index contributed by atoms with van der Waals surface area (Å²) in [6.45, 7) is 0. The zero-order chi connectivity index (χ0) is 37.1. The molecule has 4 aliphatic rings. The Bertz CT molecular complexity index is 2630. The number of hydrogen-bond acceptors (Lipinski definition) is 4. The molecule has 0 amide bonds. The SMILES string of the molecule is c1ccc(-c2nc(-c3ccccc3)nc(-c3cccc(-c4ccc(C56CC7CC(C5)CC(c5ccc(-c8ccnc9ccccc89)cc5)(C7)C6)cc4)c3)n2)cc1. The van der Waals surface area contributed by atoms with Crippen molar-refractivity contribution in [3.8, 4) is 56.4 Å². The van der Waals surface area contributed by atoms with Crippen LogP contribution in [0.1, 0.15) is 49.7 Å². The van der Waals surface area contributed by atoms with Crippen molar-refractivity contribution < 1.29 is 0 Å². The van der Waals surface area contributed by atoms with Crippen molar-refractivity contribution in [1.82, 2.24) is 19.9 Å². The summed E-state index contributed by atoms with van der Waals surface area (Å²) >= 11 is 0. The Morgan fingerprint density at radius 2 is 0.911 bits per heavy atom.